The largest absolute Gasteiger partial charge is 0.452 e. The quantitative estimate of drug-likeness (QED) is 0.665. The van der Waals surface area contributed by atoms with Crippen molar-refractivity contribution in [2.45, 2.75) is 12.8 Å². The third-order valence-corrected chi connectivity index (χ3v) is 4.34. The number of amides is 3. The Bertz CT molecular complexity index is 844. The molecule has 8 heteroatoms. The molecule has 0 unspecified atom stereocenters. The fraction of sp³-hybridized carbons (Fsp3) is 0.250. The molecule has 3 amide bonds. The lowest BCUT2D eigenvalue weighted by Crippen LogP contribution is -2.21. The van der Waals surface area contributed by atoms with Gasteiger partial charge < -0.3 is 26.0 Å². The number of hydrogen-bond donors (Lipinski definition) is 3. The topological polar surface area (TPSA) is 114 Å². The maximum Gasteiger partial charge on any atom is 0.338 e. The van der Waals surface area contributed by atoms with Gasteiger partial charge in [0.05, 0.1) is 5.56 Å². The summed E-state index contributed by atoms with van der Waals surface area (Å²) < 4.78 is 5.02. The van der Waals surface area contributed by atoms with Gasteiger partial charge in [0.2, 0.25) is 0 Å². The molecule has 0 atom stereocenters. The number of nitrogens with two attached hydrogens (primary N) is 1. The number of carbonyl (C=O) groups excluding carboxylic acids is 3. The number of primary amides is 1. The Morgan fingerprint density at radius 2 is 1.46 bits per heavy atom. The van der Waals surface area contributed by atoms with E-state index in [1.165, 1.54) is 37.1 Å². The molecule has 1 fully saturated rings. The van der Waals surface area contributed by atoms with Crippen molar-refractivity contribution in [3.05, 3.63) is 54.1 Å². The zero-order valence-electron chi connectivity index (χ0n) is 15.3. The predicted octanol–water partition coefficient (Wildman–Crippen LogP) is 2.57. The standard InChI is InChI=1S/C20H22N4O4/c21-20(27)23-16-5-3-14(4-6-16)19(26)28-13-18(25)22-15-7-9-17(10-8-15)24-11-1-2-12-24/h3-10H,1-2,11-13H2,(H,22,25)(H3,21,23,27). The summed E-state index contributed by atoms with van der Waals surface area (Å²) in [5.41, 5.74) is 7.52. The number of nitrogens with one attached hydrogen (secondary N) is 2. The van der Waals surface area contributed by atoms with Crippen molar-refractivity contribution in [3.63, 3.8) is 0 Å². The molecule has 0 spiro atoms. The van der Waals surface area contributed by atoms with Crippen LogP contribution in [0.4, 0.5) is 21.9 Å². The van der Waals surface area contributed by atoms with Crippen LogP contribution in [0.1, 0.15) is 23.2 Å². The number of rotatable bonds is 6. The molecule has 2 aromatic carbocycles. The number of ether oxygens (including phenoxy) is 1. The summed E-state index contributed by atoms with van der Waals surface area (Å²) >= 11 is 0. The Balaban J connectivity index is 1.46. The van der Waals surface area contributed by atoms with Crippen LogP contribution >= 0.6 is 0 Å². The van der Waals surface area contributed by atoms with Crippen molar-refractivity contribution in [2.75, 3.05) is 35.2 Å². The van der Waals surface area contributed by atoms with E-state index >= 15 is 0 Å². The fourth-order valence-corrected chi connectivity index (χ4v) is 2.97. The lowest BCUT2D eigenvalue weighted by Gasteiger charge is -2.17. The summed E-state index contributed by atoms with van der Waals surface area (Å²) in [5, 5.41) is 5.09. The number of nitrogens with zero attached hydrogens (tertiary/aromatic N) is 1. The Morgan fingerprint density at radius 1 is 0.893 bits per heavy atom. The number of benzene rings is 2. The first-order valence-electron chi connectivity index (χ1n) is 9.00. The molecule has 3 rings (SSSR count). The fourth-order valence-electron chi connectivity index (χ4n) is 2.97. The van der Waals surface area contributed by atoms with E-state index in [0.29, 0.717) is 11.4 Å². The van der Waals surface area contributed by atoms with Gasteiger partial charge in [-0.25, -0.2) is 9.59 Å². The first-order chi connectivity index (χ1) is 13.5. The van der Waals surface area contributed by atoms with Gasteiger partial charge in [0.15, 0.2) is 6.61 Å². The van der Waals surface area contributed by atoms with Crippen LogP contribution < -0.4 is 21.3 Å². The summed E-state index contributed by atoms with van der Waals surface area (Å²) in [6.45, 7) is 1.72. The normalized spacial score (nSPS) is 13.1. The molecule has 0 bridgehead atoms. The van der Waals surface area contributed by atoms with E-state index in [4.69, 9.17) is 10.5 Å². The molecule has 0 saturated carbocycles. The predicted molar refractivity (Wildman–Crippen MR) is 106 cm³/mol. The van der Waals surface area contributed by atoms with Crippen LogP contribution in [0.15, 0.2) is 48.5 Å². The van der Waals surface area contributed by atoms with Gasteiger partial charge in [-0.3, -0.25) is 4.79 Å². The SMILES string of the molecule is NC(=O)Nc1ccc(C(=O)OCC(=O)Nc2ccc(N3CCCC3)cc2)cc1. The lowest BCUT2D eigenvalue weighted by molar-refractivity contribution is -0.119. The van der Waals surface area contributed by atoms with Crippen LogP contribution in [0.3, 0.4) is 0 Å². The Hall–Kier alpha value is -3.55. The number of hydrogen-bond acceptors (Lipinski definition) is 5. The molecule has 1 aliphatic heterocycles. The minimum absolute atomic E-state index is 0.262. The van der Waals surface area contributed by atoms with Crippen LogP contribution in [-0.2, 0) is 9.53 Å². The Kier molecular flexibility index (Phi) is 6.11. The van der Waals surface area contributed by atoms with E-state index in [1.807, 2.05) is 24.3 Å². The van der Waals surface area contributed by atoms with Gasteiger partial charge in [-0.15, -0.1) is 0 Å². The van der Waals surface area contributed by atoms with Crippen LogP contribution in [0, 0.1) is 0 Å². The highest BCUT2D eigenvalue weighted by atomic mass is 16.5. The summed E-state index contributed by atoms with van der Waals surface area (Å²) in [5.74, 6) is -1.06. The highest BCUT2D eigenvalue weighted by molar-refractivity contribution is 5.96. The maximum atomic E-state index is 12.0. The second-order valence-corrected chi connectivity index (χ2v) is 6.43. The minimum Gasteiger partial charge on any atom is -0.452 e. The number of carbonyl (C=O) groups is 3. The molecule has 1 saturated heterocycles. The summed E-state index contributed by atoms with van der Waals surface area (Å²) in [6.07, 6.45) is 2.41. The number of anilines is 3. The first kappa shape index (κ1) is 19.2. The third-order valence-electron chi connectivity index (χ3n) is 4.34. The molecular weight excluding hydrogens is 360 g/mol. The van der Waals surface area contributed by atoms with E-state index in [-0.39, 0.29) is 5.56 Å². The highest BCUT2D eigenvalue weighted by Gasteiger charge is 2.13. The molecule has 1 heterocycles. The Morgan fingerprint density at radius 3 is 2.07 bits per heavy atom. The number of urea groups is 1. The molecule has 28 heavy (non-hydrogen) atoms. The number of esters is 1. The van der Waals surface area contributed by atoms with Crippen LogP contribution in [0.25, 0.3) is 0 Å². The molecule has 8 nitrogen and oxygen atoms in total. The van der Waals surface area contributed by atoms with Gasteiger partial charge in [-0.1, -0.05) is 0 Å². The highest BCUT2D eigenvalue weighted by Crippen LogP contribution is 2.22. The molecule has 0 aromatic heterocycles. The summed E-state index contributed by atoms with van der Waals surface area (Å²) in [7, 11) is 0. The molecule has 0 aliphatic carbocycles. The zero-order valence-corrected chi connectivity index (χ0v) is 15.3. The smallest absolute Gasteiger partial charge is 0.338 e. The van der Waals surface area contributed by atoms with Gasteiger partial charge in [0, 0.05) is 30.2 Å². The lowest BCUT2D eigenvalue weighted by atomic mass is 10.2. The second-order valence-electron chi connectivity index (χ2n) is 6.43. The van der Waals surface area contributed by atoms with Gasteiger partial charge in [0.25, 0.3) is 5.91 Å². The van der Waals surface area contributed by atoms with E-state index < -0.39 is 24.5 Å². The molecule has 1 aliphatic rings. The van der Waals surface area contributed by atoms with Gasteiger partial charge in [-0.2, -0.15) is 0 Å². The maximum absolute atomic E-state index is 12.0. The summed E-state index contributed by atoms with van der Waals surface area (Å²) in [4.78, 5) is 37.1. The van der Waals surface area contributed by atoms with Crippen molar-refractivity contribution < 1.29 is 19.1 Å². The molecule has 4 N–H and O–H groups in total. The van der Waals surface area contributed by atoms with Crippen molar-refractivity contribution in [1.29, 1.82) is 0 Å². The zero-order chi connectivity index (χ0) is 19.9. The van der Waals surface area contributed by atoms with Crippen LogP contribution in [-0.4, -0.2) is 37.6 Å². The van der Waals surface area contributed by atoms with Crippen molar-refractivity contribution >= 4 is 35.0 Å². The van der Waals surface area contributed by atoms with E-state index in [9.17, 15) is 14.4 Å². The van der Waals surface area contributed by atoms with Crippen molar-refractivity contribution in [2.24, 2.45) is 5.73 Å². The molecule has 146 valence electrons. The monoisotopic (exact) mass is 382 g/mol. The Labute approximate surface area is 162 Å². The van der Waals surface area contributed by atoms with Gasteiger partial charge in [0.1, 0.15) is 0 Å². The van der Waals surface area contributed by atoms with Gasteiger partial charge >= 0.3 is 12.0 Å². The molecule has 0 radical (unpaired) electrons. The van der Waals surface area contributed by atoms with Crippen LogP contribution in [0.2, 0.25) is 0 Å². The van der Waals surface area contributed by atoms with Crippen molar-refractivity contribution in [3.8, 4) is 0 Å². The van der Waals surface area contributed by atoms with E-state index in [1.54, 1.807) is 0 Å². The second kappa shape index (κ2) is 8.90. The molecule has 2 aromatic rings. The van der Waals surface area contributed by atoms with Crippen molar-refractivity contribution in [1.82, 2.24) is 0 Å². The summed E-state index contributed by atoms with van der Waals surface area (Å²) in [6, 6.07) is 12.9. The van der Waals surface area contributed by atoms with E-state index in [2.05, 4.69) is 15.5 Å². The first-order valence-corrected chi connectivity index (χ1v) is 9.00. The van der Waals surface area contributed by atoms with Gasteiger partial charge in [-0.05, 0) is 61.4 Å². The van der Waals surface area contributed by atoms with Crippen LogP contribution in [0.5, 0.6) is 0 Å². The average molecular weight is 382 g/mol. The average Bonchev–Trinajstić information content (AvgIpc) is 3.21. The van der Waals surface area contributed by atoms with E-state index in [0.717, 1.165) is 18.8 Å². The third kappa shape index (κ3) is 5.23. The molecular formula is C20H22N4O4. The minimum atomic E-state index is -0.694.